The van der Waals surface area contributed by atoms with Crippen molar-refractivity contribution in [2.24, 2.45) is 5.84 Å². The van der Waals surface area contributed by atoms with Crippen LogP contribution in [0.5, 0.6) is 0 Å². The van der Waals surface area contributed by atoms with E-state index in [1.165, 1.54) is 5.56 Å². The molecule has 0 fully saturated rings. The minimum Gasteiger partial charge on any atom is -0.271 e. The molecule has 3 N–H and O–H groups in total. The van der Waals surface area contributed by atoms with Crippen LogP contribution in [-0.4, -0.2) is 14.8 Å². The standard InChI is InChI=1S/C13H19N5/c1-2-9-18-13(5-8-16-18)12(17-14)10-11-3-6-15-7-4-11/h3-8,12,17H,2,9-10,14H2,1H3. The van der Waals surface area contributed by atoms with Gasteiger partial charge in [0.15, 0.2) is 0 Å². The average Bonchev–Trinajstić information content (AvgIpc) is 2.86. The molecule has 0 saturated carbocycles. The summed E-state index contributed by atoms with van der Waals surface area (Å²) in [5.74, 6) is 5.67. The predicted molar refractivity (Wildman–Crippen MR) is 70.5 cm³/mol. The van der Waals surface area contributed by atoms with E-state index >= 15 is 0 Å². The Bertz CT molecular complexity index is 465. The van der Waals surface area contributed by atoms with Crippen molar-refractivity contribution in [2.45, 2.75) is 32.4 Å². The van der Waals surface area contributed by atoms with Crippen molar-refractivity contribution in [1.82, 2.24) is 20.2 Å². The number of rotatable bonds is 6. The maximum absolute atomic E-state index is 5.67. The molecule has 5 heteroatoms. The predicted octanol–water partition coefficient (Wildman–Crippen LogP) is 1.44. The third-order valence-electron chi connectivity index (χ3n) is 2.93. The summed E-state index contributed by atoms with van der Waals surface area (Å²) in [5.41, 5.74) is 5.20. The lowest BCUT2D eigenvalue weighted by Crippen LogP contribution is -2.31. The molecule has 2 aromatic heterocycles. The highest BCUT2D eigenvalue weighted by Gasteiger charge is 2.14. The maximum atomic E-state index is 5.67. The molecule has 0 aliphatic carbocycles. The summed E-state index contributed by atoms with van der Waals surface area (Å²) in [6.07, 6.45) is 7.30. The lowest BCUT2D eigenvalue weighted by atomic mass is 10.0. The average molecular weight is 245 g/mol. The normalized spacial score (nSPS) is 12.6. The van der Waals surface area contributed by atoms with Gasteiger partial charge in [-0.15, -0.1) is 0 Å². The summed E-state index contributed by atoms with van der Waals surface area (Å²) in [4.78, 5) is 4.02. The summed E-state index contributed by atoms with van der Waals surface area (Å²) in [6, 6.07) is 6.10. The third kappa shape index (κ3) is 2.94. The van der Waals surface area contributed by atoms with Crippen molar-refractivity contribution in [3.63, 3.8) is 0 Å². The van der Waals surface area contributed by atoms with Crippen molar-refractivity contribution >= 4 is 0 Å². The molecule has 5 nitrogen and oxygen atoms in total. The van der Waals surface area contributed by atoms with E-state index in [1.807, 2.05) is 29.1 Å². The van der Waals surface area contributed by atoms with E-state index in [0.29, 0.717) is 0 Å². The number of hydrogen-bond donors (Lipinski definition) is 2. The van der Waals surface area contributed by atoms with Crippen LogP contribution in [0.15, 0.2) is 36.8 Å². The van der Waals surface area contributed by atoms with Gasteiger partial charge in [0.1, 0.15) is 0 Å². The van der Waals surface area contributed by atoms with Crippen molar-refractivity contribution in [3.05, 3.63) is 48.0 Å². The van der Waals surface area contributed by atoms with Gasteiger partial charge in [-0.25, -0.2) is 0 Å². The molecule has 1 unspecified atom stereocenters. The number of pyridine rings is 1. The summed E-state index contributed by atoms with van der Waals surface area (Å²) < 4.78 is 2.01. The van der Waals surface area contributed by atoms with Crippen LogP contribution >= 0.6 is 0 Å². The van der Waals surface area contributed by atoms with E-state index in [-0.39, 0.29) is 6.04 Å². The van der Waals surface area contributed by atoms with Crippen LogP contribution in [0.3, 0.4) is 0 Å². The Morgan fingerprint density at radius 3 is 2.72 bits per heavy atom. The second kappa shape index (κ2) is 6.28. The first kappa shape index (κ1) is 12.7. The van der Waals surface area contributed by atoms with E-state index in [1.54, 1.807) is 12.4 Å². The Labute approximate surface area is 107 Å². The van der Waals surface area contributed by atoms with Gasteiger partial charge in [-0.1, -0.05) is 6.92 Å². The highest BCUT2D eigenvalue weighted by molar-refractivity contribution is 5.16. The molecule has 18 heavy (non-hydrogen) atoms. The molecule has 0 radical (unpaired) electrons. The van der Waals surface area contributed by atoms with Crippen molar-refractivity contribution in [1.29, 1.82) is 0 Å². The zero-order chi connectivity index (χ0) is 12.8. The zero-order valence-electron chi connectivity index (χ0n) is 10.6. The van der Waals surface area contributed by atoms with Gasteiger partial charge < -0.3 is 0 Å². The number of aromatic nitrogens is 3. The number of nitrogens with zero attached hydrogens (tertiary/aromatic N) is 3. The van der Waals surface area contributed by atoms with Crippen LogP contribution in [0.4, 0.5) is 0 Å². The Kier molecular flexibility index (Phi) is 4.44. The quantitative estimate of drug-likeness (QED) is 0.597. The summed E-state index contributed by atoms with van der Waals surface area (Å²) in [6.45, 7) is 3.05. The number of hydrogen-bond acceptors (Lipinski definition) is 4. The first-order valence-corrected chi connectivity index (χ1v) is 6.22. The van der Waals surface area contributed by atoms with Gasteiger partial charge in [-0.05, 0) is 36.6 Å². The molecule has 0 aliphatic heterocycles. The Morgan fingerprint density at radius 1 is 1.28 bits per heavy atom. The minimum absolute atomic E-state index is 0.0708. The SMILES string of the molecule is CCCn1nccc1C(Cc1ccncc1)NN. The molecule has 0 aliphatic rings. The number of aryl methyl sites for hydroxylation is 1. The second-order valence-electron chi connectivity index (χ2n) is 4.26. The smallest absolute Gasteiger partial charge is 0.0669 e. The molecule has 0 amide bonds. The largest absolute Gasteiger partial charge is 0.271 e. The number of nitrogens with one attached hydrogen (secondary N) is 1. The molecule has 2 aromatic rings. The van der Waals surface area contributed by atoms with Crippen LogP contribution in [0.1, 0.15) is 30.6 Å². The third-order valence-corrected chi connectivity index (χ3v) is 2.93. The van der Waals surface area contributed by atoms with Gasteiger partial charge in [0, 0.05) is 25.1 Å². The lowest BCUT2D eigenvalue weighted by molar-refractivity contribution is 0.478. The van der Waals surface area contributed by atoms with Gasteiger partial charge in [-0.3, -0.25) is 20.9 Å². The molecule has 96 valence electrons. The van der Waals surface area contributed by atoms with Gasteiger partial charge >= 0.3 is 0 Å². The van der Waals surface area contributed by atoms with Crippen molar-refractivity contribution in [2.75, 3.05) is 0 Å². The van der Waals surface area contributed by atoms with E-state index in [4.69, 9.17) is 5.84 Å². The summed E-state index contributed by atoms with van der Waals surface area (Å²) >= 11 is 0. The van der Waals surface area contributed by atoms with Crippen LogP contribution in [0.2, 0.25) is 0 Å². The molecule has 2 heterocycles. The zero-order valence-corrected chi connectivity index (χ0v) is 10.6. The lowest BCUT2D eigenvalue weighted by Gasteiger charge is -2.17. The van der Waals surface area contributed by atoms with Crippen molar-refractivity contribution < 1.29 is 0 Å². The first-order valence-electron chi connectivity index (χ1n) is 6.22. The highest BCUT2D eigenvalue weighted by Crippen LogP contribution is 2.17. The number of nitrogens with two attached hydrogens (primary N) is 1. The molecular weight excluding hydrogens is 226 g/mol. The van der Waals surface area contributed by atoms with E-state index in [0.717, 1.165) is 25.1 Å². The van der Waals surface area contributed by atoms with E-state index < -0.39 is 0 Å². The molecule has 2 rings (SSSR count). The van der Waals surface area contributed by atoms with Crippen LogP contribution < -0.4 is 11.3 Å². The molecular formula is C13H19N5. The van der Waals surface area contributed by atoms with Gasteiger partial charge in [-0.2, -0.15) is 5.10 Å². The molecule has 0 spiro atoms. The fourth-order valence-corrected chi connectivity index (χ4v) is 2.04. The second-order valence-corrected chi connectivity index (χ2v) is 4.26. The Balaban J connectivity index is 2.15. The fourth-order valence-electron chi connectivity index (χ4n) is 2.04. The van der Waals surface area contributed by atoms with Crippen LogP contribution in [0.25, 0.3) is 0 Å². The Hall–Kier alpha value is -1.72. The number of hydrazine groups is 1. The summed E-state index contributed by atoms with van der Waals surface area (Å²) in [5, 5.41) is 4.33. The maximum Gasteiger partial charge on any atom is 0.0669 e. The van der Waals surface area contributed by atoms with E-state index in [2.05, 4.69) is 22.4 Å². The van der Waals surface area contributed by atoms with Gasteiger partial charge in [0.25, 0.3) is 0 Å². The van der Waals surface area contributed by atoms with Crippen LogP contribution in [-0.2, 0) is 13.0 Å². The first-order chi connectivity index (χ1) is 8.85. The van der Waals surface area contributed by atoms with Gasteiger partial charge in [0.05, 0.1) is 11.7 Å². The molecule has 0 bridgehead atoms. The molecule has 0 aromatic carbocycles. The monoisotopic (exact) mass is 245 g/mol. The Morgan fingerprint density at radius 2 is 2.06 bits per heavy atom. The summed E-state index contributed by atoms with van der Waals surface area (Å²) in [7, 11) is 0. The van der Waals surface area contributed by atoms with E-state index in [9.17, 15) is 0 Å². The van der Waals surface area contributed by atoms with Gasteiger partial charge in [0.2, 0.25) is 0 Å². The van der Waals surface area contributed by atoms with Crippen molar-refractivity contribution in [3.8, 4) is 0 Å². The topological polar surface area (TPSA) is 68.8 Å². The highest BCUT2D eigenvalue weighted by atomic mass is 15.3. The molecule has 0 saturated heterocycles. The fraction of sp³-hybridized carbons (Fsp3) is 0.385. The van der Waals surface area contributed by atoms with Crippen LogP contribution in [0, 0.1) is 0 Å². The minimum atomic E-state index is 0.0708. The molecule has 1 atom stereocenters.